The van der Waals surface area contributed by atoms with E-state index < -0.39 is 16.0 Å². The molecule has 1 rings (SSSR count). The zero-order valence-electron chi connectivity index (χ0n) is 11.1. The largest absolute Gasteiger partial charge is 0.396 e. The Hall–Kier alpha value is -1.47. The van der Waals surface area contributed by atoms with Crippen LogP contribution in [0.15, 0.2) is 23.4 Å². The summed E-state index contributed by atoms with van der Waals surface area (Å²) in [6.07, 6.45) is 2.22. The Balaban J connectivity index is 2.57. The predicted molar refractivity (Wildman–Crippen MR) is 74.0 cm³/mol. The van der Waals surface area contributed by atoms with Crippen molar-refractivity contribution in [3.8, 4) is 0 Å². The standard InChI is InChI=1S/C12H19N3O3S/c1-9(11(16)14-7-4-8-18-2)19(17)12-10(13)5-3-6-15-12/h3,5-6,9H,4,7-8,13H2,1-2H3,(H,14,16). The van der Waals surface area contributed by atoms with Crippen LogP contribution in [-0.4, -0.2) is 40.6 Å². The highest BCUT2D eigenvalue weighted by Crippen LogP contribution is 2.15. The van der Waals surface area contributed by atoms with Crippen LogP contribution in [0.25, 0.3) is 0 Å². The molecule has 19 heavy (non-hydrogen) atoms. The lowest BCUT2D eigenvalue weighted by Crippen LogP contribution is -2.36. The van der Waals surface area contributed by atoms with E-state index in [9.17, 15) is 9.00 Å². The van der Waals surface area contributed by atoms with Gasteiger partial charge in [0.1, 0.15) is 5.25 Å². The van der Waals surface area contributed by atoms with Gasteiger partial charge in [0.25, 0.3) is 0 Å². The molecule has 1 heterocycles. The van der Waals surface area contributed by atoms with Gasteiger partial charge >= 0.3 is 0 Å². The quantitative estimate of drug-likeness (QED) is 0.703. The molecule has 7 heteroatoms. The highest BCUT2D eigenvalue weighted by atomic mass is 32.2. The predicted octanol–water partition coefficient (Wildman–Crippen LogP) is 0.313. The zero-order valence-corrected chi connectivity index (χ0v) is 11.9. The maximum Gasteiger partial charge on any atom is 0.235 e. The first-order valence-electron chi connectivity index (χ1n) is 5.95. The molecule has 0 aliphatic heterocycles. The van der Waals surface area contributed by atoms with Crippen LogP contribution in [0.5, 0.6) is 0 Å². The number of nitrogens with zero attached hydrogens (tertiary/aromatic N) is 1. The summed E-state index contributed by atoms with van der Waals surface area (Å²) in [6.45, 7) is 2.66. The van der Waals surface area contributed by atoms with Crippen molar-refractivity contribution in [3.05, 3.63) is 18.3 Å². The van der Waals surface area contributed by atoms with Crippen LogP contribution in [0.3, 0.4) is 0 Å². The second-order valence-electron chi connectivity index (χ2n) is 3.97. The zero-order chi connectivity index (χ0) is 14.3. The summed E-state index contributed by atoms with van der Waals surface area (Å²) in [7, 11) is 0.0441. The Morgan fingerprint density at radius 3 is 3.00 bits per heavy atom. The molecule has 0 aliphatic rings. The van der Waals surface area contributed by atoms with Crippen LogP contribution < -0.4 is 11.1 Å². The fourth-order valence-electron chi connectivity index (χ4n) is 1.41. The number of anilines is 1. The topological polar surface area (TPSA) is 94.3 Å². The lowest BCUT2D eigenvalue weighted by atomic mass is 10.4. The van der Waals surface area contributed by atoms with Gasteiger partial charge in [-0.05, 0) is 25.5 Å². The number of nitrogens with one attached hydrogen (secondary N) is 1. The minimum Gasteiger partial charge on any atom is -0.396 e. The number of methoxy groups -OCH3 is 1. The van der Waals surface area contributed by atoms with Crippen LogP contribution in [0.1, 0.15) is 13.3 Å². The minimum absolute atomic E-state index is 0.252. The number of ether oxygens (including phenoxy) is 1. The number of hydrogen-bond acceptors (Lipinski definition) is 5. The Kier molecular flexibility index (Phi) is 6.44. The third kappa shape index (κ3) is 4.60. The molecule has 2 unspecified atom stereocenters. The van der Waals surface area contributed by atoms with E-state index in [0.717, 1.165) is 0 Å². The second-order valence-corrected chi connectivity index (χ2v) is 5.66. The third-order valence-electron chi connectivity index (χ3n) is 2.51. The number of nitrogens with two attached hydrogens (primary N) is 1. The number of rotatable bonds is 7. The molecule has 0 saturated carbocycles. The monoisotopic (exact) mass is 285 g/mol. The van der Waals surface area contributed by atoms with Crippen LogP contribution >= 0.6 is 0 Å². The van der Waals surface area contributed by atoms with Crippen molar-refractivity contribution in [3.63, 3.8) is 0 Å². The number of carbonyl (C=O) groups excluding carboxylic acids is 1. The molecule has 0 fully saturated rings. The van der Waals surface area contributed by atoms with Gasteiger partial charge in [0, 0.05) is 26.5 Å². The highest BCUT2D eigenvalue weighted by Gasteiger charge is 2.23. The molecule has 106 valence electrons. The lowest BCUT2D eigenvalue weighted by Gasteiger charge is -2.12. The summed E-state index contributed by atoms with van der Waals surface area (Å²) in [6, 6.07) is 3.27. The molecule has 0 spiro atoms. The van der Waals surface area contributed by atoms with Crippen LogP contribution in [-0.2, 0) is 20.3 Å². The number of pyridine rings is 1. The van der Waals surface area contributed by atoms with Crippen molar-refractivity contribution < 1.29 is 13.7 Å². The van der Waals surface area contributed by atoms with Crippen molar-refractivity contribution in [2.24, 2.45) is 0 Å². The number of carbonyl (C=O) groups is 1. The van der Waals surface area contributed by atoms with E-state index in [2.05, 4.69) is 10.3 Å². The highest BCUT2D eigenvalue weighted by molar-refractivity contribution is 7.86. The van der Waals surface area contributed by atoms with Gasteiger partial charge in [0.15, 0.2) is 5.03 Å². The molecule has 0 aromatic carbocycles. The first-order chi connectivity index (χ1) is 9.07. The molecule has 1 amide bonds. The molecule has 1 aromatic heterocycles. The summed E-state index contributed by atoms with van der Waals surface area (Å²) in [5.41, 5.74) is 6.03. The van der Waals surface area contributed by atoms with Crippen molar-refractivity contribution in [1.82, 2.24) is 10.3 Å². The molecule has 0 radical (unpaired) electrons. The maximum absolute atomic E-state index is 12.2. The first kappa shape index (κ1) is 15.6. The molecule has 2 atom stereocenters. The van der Waals surface area contributed by atoms with Crippen LogP contribution in [0.4, 0.5) is 5.69 Å². The average molecular weight is 285 g/mol. The minimum atomic E-state index is -1.56. The SMILES string of the molecule is COCCCNC(=O)C(C)S(=O)c1ncccc1N. The Bertz CT molecular complexity index is 454. The molecule has 1 aromatic rings. The van der Waals surface area contributed by atoms with E-state index in [1.807, 2.05) is 0 Å². The van der Waals surface area contributed by atoms with Gasteiger partial charge in [-0.3, -0.25) is 9.00 Å². The number of aromatic nitrogens is 1. The number of nitrogen functional groups attached to an aromatic ring is 1. The average Bonchev–Trinajstić information content (AvgIpc) is 2.42. The first-order valence-corrected chi connectivity index (χ1v) is 7.17. The van der Waals surface area contributed by atoms with Gasteiger partial charge in [-0.2, -0.15) is 0 Å². The van der Waals surface area contributed by atoms with E-state index in [0.29, 0.717) is 25.3 Å². The van der Waals surface area contributed by atoms with Crippen molar-refractivity contribution >= 4 is 22.4 Å². The molecule has 3 N–H and O–H groups in total. The maximum atomic E-state index is 12.2. The summed E-state index contributed by atoms with van der Waals surface area (Å²) in [5.74, 6) is -0.278. The second kappa shape index (κ2) is 7.85. The normalized spacial score (nSPS) is 13.8. The Morgan fingerprint density at radius 1 is 1.63 bits per heavy atom. The van der Waals surface area contributed by atoms with Gasteiger partial charge in [-0.25, -0.2) is 4.98 Å². The molecule has 0 bridgehead atoms. The fraction of sp³-hybridized carbons (Fsp3) is 0.500. The van der Waals surface area contributed by atoms with E-state index in [4.69, 9.17) is 10.5 Å². The molecular formula is C12H19N3O3S. The van der Waals surface area contributed by atoms with Gasteiger partial charge in [-0.1, -0.05) is 0 Å². The van der Waals surface area contributed by atoms with Crippen molar-refractivity contribution in [2.75, 3.05) is 26.0 Å². The third-order valence-corrected chi connectivity index (χ3v) is 4.08. The van der Waals surface area contributed by atoms with Gasteiger partial charge < -0.3 is 15.8 Å². The summed E-state index contributed by atoms with van der Waals surface area (Å²) in [5, 5.41) is 2.26. The summed E-state index contributed by atoms with van der Waals surface area (Å²) < 4.78 is 17.1. The lowest BCUT2D eigenvalue weighted by molar-refractivity contribution is -0.120. The van der Waals surface area contributed by atoms with Crippen molar-refractivity contribution in [1.29, 1.82) is 0 Å². The summed E-state index contributed by atoms with van der Waals surface area (Å²) in [4.78, 5) is 15.8. The fourth-order valence-corrected chi connectivity index (χ4v) is 2.49. The molecule has 0 aliphatic carbocycles. The van der Waals surface area contributed by atoms with E-state index in [1.165, 1.54) is 6.20 Å². The molecule has 6 nitrogen and oxygen atoms in total. The van der Waals surface area contributed by atoms with Gasteiger partial charge in [0.2, 0.25) is 5.91 Å². The number of hydrogen-bond donors (Lipinski definition) is 2. The Morgan fingerprint density at radius 2 is 2.37 bits per heavy atom. The van der Waals surface area contributed by atoms with Crippen LogP contribution in [0, 0.1) is 0 Å². The molecular weight excluding hydrogens is 266 g/mol. The van der Waals surface area contributed by atoms with Gasteiger partial charge in [0.05, 0.1) is 16.5 Å². The molecule has 0 saturated heterocycles. The van der Waals surface area contributed by atoms with E-state index in [1.54, 1.807) is 26.2 Å². The number of amides is 1. The van der Waals surface area contributed by atoms with Gasteiger partial charge in [-0.15, -0.1) is 0 Å². The van der Waals surface area contributed by atoms with E-state index in [-0.39, 0.29) is 10.9 Å². The smallest absolute Gasteiger partial charge is 0.235 e. The van der Waals surface area contributed by atoms with E-state index >= 15 is 0 Å². The van der Waals surface area contributed by atoms with Crippen molar-refractivity contribution in [2.45, 2.75) is 23.6 Å². The Labute approximate surface area is 115 Å². The van der Waals surface area contributed by atoms with Crippen LogP contribution in [0.2, 0.25) is 0 Å². The summed E-state index contributed by atoms with van der Waals surface area (Å²) >= 11 is 0.